The van der Waals surface area contributed by atoms with E-state index in [0.717, 1.165) is 12.5 Å². The molecule has 0 N–H and O–H groups in total. The molecular formula is C12H24N2O. The molecule has 3 heteroatoms. The van der Waals surface area contributed by atoms with Gasteiger partial charge in [0.15, 0.2) is 0 Å². The first-order valence-electron chi connectivity index (χ1n) is 5.96. The molecule has 0 aromatic rings. The molecule has 15 heavy (non-hydrogen) atoms. The first kappa shape index (κ1) is 12.7. The lowest BCUT2D eigenvalue weighted by Gasteiger charge is -2.26. The van der Waals surface area contributed by atoms with Gasteiger partial charge < -0.3 is 4.90 Å². The molecule has 1 aliphatic rings. The van der Waals surface area contributed by atoms with E-state index in [1.807, 2.05) is 13.8 Å². The molecule has 3 nitrogen and oxygen atoms in total. The van der Waals surface area contributed by atoms with Gasteiger partial charge in [-0.2, -0.15) is 0 Å². The molecule has 1 aliphatic heterocycles. The summed E-state index contributed by atoms with van der Waals surface area (Å²) >= 11 is 0. The number of carbonyl (C=O) groups excluding carboxylic acids is 1. The second kappa shape index (κ2) is 5.61. The largest absolute Gasteiger partial charge is 0.306 e. The zero-order valence-corrected chi connectivity index (χ0v) is 10.5. The first-order chi connectivity index (χ1) is 7.04. The van der Waals surface area contributed by atoms with Gasteiger partial charge in [0.25, 0.3) is 0 Å². The van der Waals surface area contributed by atoms with Crippen LogP contribution >= 0.6 is 0 Å². The van der Waals surface area contributed by atoms with Crippen LogP contribution in [-0.4, -0.2) is 55.4 Å². The summed E-state index contributed by atoms with van der Waals surface area (Å²) in [6.07, 6.45) is 1.92. The van der Waals surface area contributed by atoms with Gasteiger partial charge in [-0.1, -0.05) is 6.92 Å². The third kappa shape index (κ3) is 3.58. The molecule has 0 aromatic heterocycles. The number of rotatable bonds is 5. The Hall–Kier alpha value is -0.410. The molecule has 0 spiro atoms. The van der Waals surface area contributed by atoms with Gasteiger partial charge in [-0.15, -0.1) is 0 Å². The van der Waals surface area contributed by atoms with E-state index in [4.69, 9.17) is 0 Å². The standard InChI is InChI=1S/C12H24N2O/c1-5-12(15)10(2)14(4)9-11-6-7-13(3)8-11/h10-11H,5-9H2,1-4H3. The predicted molar refractivity (Wildman–Crippen MR) is 63.0 cm³/mol. The van der Waals surface area contributed by atoms with E-state index in [1.165, 1.54) is 19.5 Å². The van der Waals surface area contributed by atoms with Gasteiger partial charge in [0, 0.05) is 19.5 Å². The molecule has 0 aromatic carbocycles. The third-order valence-corrected chi connectivity index (χ3v) is 3.51. The normalized spacial score (nSPS) is 24.7. The smallest absolute Gasteiger partial charge is 0.149 e. The van der Waals surface area contributed by atoms with E-state index in [9.17, 15) is 4.79 Å². The maximum Gasteiger partial charge on any atom is 0.149 e. The molecule has 0 radical (unpaired) electrons. The van der Waals surface area contributed by atoms with Gasteiger partial charge >= 0.3 is 0 Å². The molecule has 1 fully saturated rings. The SMILES string of the molecule is CCC(=O)C(C)N(C)CC1CCN(C)C1. The molecule has 0 amide bonds. The van der Waals surface area contributed by atoms with Crippen LogP contribution in [-0.2, 0) is 4.79 Å². The van der Waals surface area contributed by atoms with E-state index in [0.29, 0.717) is 12.2 Å². The highest BCUT2D eigenvalue weighted by Gasteiger charge is 2.24. The molecule has 2 atom stereocenters. The van der Waals surface area contributed by atoms with Gasteiger partial charge in [-0.25, -0.2) is 0 Å². The van der Waals surface area contributed by atoms with Crippen molar-refractivity contribution in [2.45, 2.75) is 32.7 Å². The number of Topliss-reactive ketones (excluding diaryl/α,β-unsaturated/α-hetero) is 1. The zero-order valence-electron chi connectivity index (χ0n) is 10.5. The summed E-state index contributed by atoms with van der Waals surface area (Å²) in [5.41, 5.74) is 0. The minimum Gasteiger partial charge on any atom is -0.306 e. The maximum atomic E-state index is 11.5. The Morgan fingerprint density at radius 1 is 1.60 bits per heavy atom. The topological polar surface area (TPSA) is 23.6 Å². The van der Waals surface area contributed by atoms with Gasteiger partial charge in [-0.3, -0.25) is 9.69 Å². The van der Waals surface area contributed by atoms with Crippen molar-refractivity contribution in [2.24, 2.45) is 5.92 Å². The highest BCUT2D eigenvalue weighted by molar-refractivity contribution is 5.83. The summed E-state index contributed by atoms with van der Waals surface area (Å²) in [5, 5.41) is 0. The van der Waals surface area contributed by atoms with Crippen molar-refractivity contribution in [3.05, 3.63) is 0 Å². The average molecular weight is 212 g/mol. The lowest BCUT2D eigenvalue weighted by atomic mass is 10.1. The van der Waals surface area contributed by atoms with Gasteiger partial charge in [0.2, 0.25) is 0 Å². The van der Waals surface area contributed by atoms with Crippen LogP contribution in [0.2, 0.25) is 0 Å². The number of hydrogen-bond acceptors (Lipinski definition) is 3. The number of likely N-dealkylation sites (tertiary alicyclic amines) is 1. The Bertz CT molecular complexity index is 218. The Morgan fingerprint density at radius 2 is 2.27 bits per heavy atom. The summed E-state index contributed by atoms with van der Waals surface area (Å²) in [4.78, 5) is 16.1. The third-order valence-electron chi connectivity index (χ3n) is 3.51. The van der Waals surface area contributed by atoms with Crippen LogP contribution in [0.5, 0.6) is 0 Å². The van der Waals surface area contributed by atoms with Crippen LogP contribution < -0.4 is 0 Å². The zero-order chi connectivity index (χ0) is 11.4. The molecule has 0 bridgehead atoms. The van der Waals surface area contributed by atoms with E-state index in [2.05, 4.69) is 23.9 Å². The fourth-order valence-electron chi connectivity index (χ4n) is 2.28. The van der Waals surface area contributed by atoms with Crippen molar-refractivity contribution in [2.75, 3.05) is 33.7 Å². The van der Waals surface area contributed by atoms with Crippen LogP contribution in [0.3, 0.4) is 0 Å². The lowest BCUT2D eigenvalue weighted by molar-refractivity contribution is -0.123. The van der Waals surface area contributed by atoms with Crippen molar-refractivity contribution in [1.82, 2.24) is 9.80 Å². The molecule has 0 aliphatic carbocycles. The van der Waals surface area contributed by atoms with Crippen molar-refractivity contribution in [3.63, 3.8) is 0 Å². The highest BCUT2D eigenvalue weighted by atomic mass is 16.1. The molecular weight excluding hydrogens is 188 g/mol. The maximum absolute atomic E-state index is 11.5. The van der Waals surface area contributed by atoms with Gasteiger partial charge in [0.1, 0.15) is 5.78 Å². The summed E-state index contributed by atoms with van der Waals surface area (Å²) in [6, 6.07) is 0.0842. The van der Waals surface area contributed by atoms with Crippen LogP contribution in [0.25, 0.3) is 0 Å². The van der Waals surface area contributed by atoms with Crippen LogP contribution in [0.15, 0.2) is 0 Å². The average Bonchev–Trinajstić information content (AvgIpc) is 2.61. The number of ketones is 1. The molecule has 1 heterocycles. The number of likely N-dealkylation sites (N-methyl/N-ethyl adjacent to an activating group) is 1. The molecule has 88 valence electrons. The fourth-order valence-corrected chi connectivity index (χ4v) is 2.28. The van der Waals surface area contributed by atoms with Gasteiger partial charge in [0.05, 0.1) is 6.04 Å². The second-order valence-corrected chi connectivity index (χ2v) is 4.85. The van der Waals surface area contributed by atoms with Crippen LogP contribution in [0, 0.1) is 5.92 Å². The Balaban J connectivity index is 2.34. The Morgan fingerprint density at radius 3 is 2.73 bits per heavy atom. The minimum absolute atomic E-state index is 0.0842. The van der Waals surface area contributed by atoms with Crippen molar-refractivity contribution >= 4 is 5.78 Å². The monoisotopic (exact) mass is 212 g/mol. The quantitative estimate of drug-likeness (QED) is 0.685. The Labute approximate surface area is 93.4 Å². The van der Waals surface area contributed by atoms with Crippen molar-refractivity contribution in [1.29, 1.82) is 0 Å². The number of hydrogen-bond donors (Lipinski definition) is 0. The summed E-state index contributed by atoms with van der Waals surface area (Å²) in [5.74, 6) is 1.09. The highest BCUT2D eigenvalue weighted by Crippen LogP contribution is 2.16. The molecule has 2 unspecified atom stereocenters. The summed E-state index contributed by atoms with van der Waals surface area (Å²) < 4.78 is 0. The van der Waals surface area contributed by atoms with E-state index < -0.39 is 0 Å². The summed E-state index contributed by atoms with van der Waals surface area (Å²) in [6.45, 7) is 7.39. The lowest BCUT2D eigenvalue weighted by Crippen LogP contribution is -2.39. The van der Waals surface area contributed by atoms with E-state index in [-0.39, 0.29) is 6.04 Å². The second-order valence-electron chi connectivity index (χ2n) is 4.85. The molecule has 1 saturated heterocycles. The number of carbonyl (C=O) groups is 1. The minimum atomic E-state index is 0.0842. The fraction of sp³-hybridized carbons (Fsp3) is 0.917. The predicted octanol–water partition coefficient (Wildman–Crippen LogP) is 1.24. The van der Waals surface area contributed by atoms with Crippen LogP contribution in [0.1, 0.15) is 26.7 Å². The Kier molecular flexibility index (Phi) is 4.74. The van der Waals surface area contributed by atoms with E-state index >= 15 is 0 Å². The van der Waals surface area contributed by atoms with Crippen molar-refractivity contribution < 1.29 is 4.79 Å². The number of nitrogens with zero attached hydrogens (tertiary/aromatic N) is 2. The molecule has 0 saturated carbocycles. The van der Waals surface area contributed by atoms with Crippen molar-refractivity contribution in [3.8, 4) is 0 Å². The van der Waals surface area contributed by atoms with Gasteiger partial charge in [-0.05, 0) is 39.9 Å². The van der Waals surface area contributed by atoms with E-state index in [1.54, 1.807) is 0 Å². The van der Waals surface area contributed by atoms with Crippen LogP contribution in [0.4, 0.5) is 0 Å². The summed E-state index contributed by atoms with van der Waals surface area (Å²) in [7, 11) is 4.23. The molecule has 1 rings (SSSR count). The first-order valence-corrected chi connectivity index (χ1v) is 5.96.